The standard InChI is InChI=1S/C11H22NO2/c1-2-14-8-7-12-5-3-10(4-6-12)11(13)9-12/h10-11,13H,2-9H2,1H3/q+1/t10?,11-,12?/m0/s1. The summed E-state index contributed by atoms with van der Waals surface area (Å²) < 4.78 is 6.53. The fourth-order valence-electron chi connectivity index (χ4n) is 2.97. The lowest BCUT2D eigenvalue weighted by atomic mass is 9.83. The van der Waals surface area contributed by atoms with Gasteiger partial charge < -0.3 is 14.3 Å². The van der Waals surface area contributed by atoms with Gasteiger partial charge in [-0.15, -0.1) is 0 Å². The van der Waals surface area contributed by atoms with Crippen LogP contribution in [0, 0.1) is 5.92 Å². The number of piperidine rings is 3. The maximum atomic E-state index is 9.86. The minimum atomic E-state index is -0.0425. The maximum Gasteiger partial charge on any atom is 0.106 e. The number of hydrogen-bond acceptors (Lipinski definition) is 2. The molecular formula is C11H22NO2+. The third kappa shape index (κ3) is 1.95. The van der Waals surface area contributed by atoms with Crippen LogP contribution in [0.15, 0.2) is 0 Å². The summed E-state index contributed by atoms with van der Waals surface area (Å²) in [4.78, 5) is 0. The van der Waals surface area contributed by atoms with Crippen LogP contribution >= 0.6 is 0 Å². The Bertz CT molecular complexity index is 188. The maximum absolute atomic E-state index is 9.86. The molecule has 0 aromatic carbocycles. The van der Waals surface area contributed by atoms with Crippen molar-refractivity contribution < 1.29 is 14.3 Å². The molecule has 2 bridgehead atoms. The lowest BCUT2D eigenvalue weighted by Crippen LogP contribution is -2.64. The molecule has 0 aliphatic carbocycles. The van der Waals surface area contributed by atoms with Crippen LogP contribution in [0.3, 0.4) is 0 Å². The SMILES string of the molecule is CCOCC[N+]12CCC(CC1)[C@@H](O)C2. The molecule has 3 rings (SSSR count). The van der Waals surface area contributed by atoms with Crippen molar-refractivity contribution in [3.05, 3.63) is 0 Å². The molecule has 0 unspecified atom stereocenters. The molecule has 0 amide bonds. The molecule has 0 saturated carbocycles. The predicted molar refractivity (Wildman–Crippen MR) is 55.0 cm³/mol. The molecule has 1 N–H and O–H groups in total. The van der Waals surface area contributed by atoms with Gasteiger partial charge in [0.1, 0.15) is 19.2 Å². The van der Waals surface area contributed by atoms with Gasteiger partial charge in [0.15, 0.2) is 0 Å². The average molecular weight is 200 g/mol. The highest BCUT2D eigenvalue weighted by molar-refractivity contribution is 4.79. The molecule has 0 aromatic heterocycles. The molecule has 0 spiro atoms. The average Bonchev–Trinajstić information content (AvgIpc) is 2.19. The lowest BCUT2D eigenvalue weighted by Gasteiger charge is -2.51. The first kappa shape index (κ1) is 10.4. The van der Waals surface area contributed by atoms with Crippen LogP contribution in [0.5, 0.6) is 0 Å². The monoisotopic (exact) mass is 200 g/mol. The first-order valence-corrected chi connectivity index (χ1v) is 5.87. The molecule has 3 aliphatic rings. The fraction of sp³-hybridized carbons (Fsp3) is 1.00. The zero-order valence-corrected chi connectivity index (χ0v) is 9.11. The molecule has 3 saturated heterocycles. The molecule has 1 atom stereocenters. The third-order valence-corrected chi connectivity index (χ3v) is 3.98. The quantitative estimate of drug-likeness (QED) is 0.532. The number of fused-ring (bicyclic) bond motifs is 3. The highest BCUT2D eigenvalue weighted by Crippen LogP contribution is 2.33. The second-order valence-corrected chi connectivity index (χ2v) is 4.80. The summed E-state index contributed by atoms with van der Waals surface area (Å²) in [5.41, 5.74) is 0. The summed E-state index contributed by atoms with van der Waals surface area (Å²) >= 11 is 0. The highest BCUT2D eigenvalue weighted by Gasteiger charge is 2.44. The lowest BCUT2D eigenvalue weighted by molar-refractivity contribution is -0.946. The molecular weight excluding hydrogens is 178 g/mol. The zero-order valence-electron chi connectivity index (χ0n) is 9.11. The number of hydrogen-bond donors (Lipinski definition) is 1. The van der Waals surface area contributed by atoms with Crippen molar-refractivity contribution in [1.82, 2.24) is 0 Å². The van der Waals surface area contributed by atoms with E-state index in [0.717, 1.165) is 30.8 Å². The van der Waals surface area contributed by atoms with Crippen LogP contribution in [-0.4, -0.2) is 55.1 Å². The van der Waals surface area contributed by atoms with Crippen LogP contribution in [0.1, 0.15) is 19.8 Å². The molecule has 3 heterocycles. The van der Waals surface area contributed by atoms with E-state index in [0.29, 0.717) is 5.92 Å². The van der Waals surface area contributed by atoms with E-state index < -0.39 is 0 Å². The van der Waals surface area contributed by atoms with Gasteiger partial charge >= 0.3 is 0 Å². The topological polar surface area (TPSA) is 29.5 Å². The van der Waals surface area contributed by atoms with Gasteiger partial charge in [0.2, 0.25) is 0 Å². The van der Waals surface area contributed by atoms with Crippen LogP contribution < -0.4 is 0 Å². The summed E-state index contributed by atoms with van der Waals surface area (Å²) in [6, 6.07) is 0. The van der Waals surface area contributed by atoms with Gasteiger partial charge in [-0.1, -0.05) is 0 Å². The number of ether oxygens (including phenoxy) is 1. The zero-order chi connectivity index (χ0) is 10.0. The second kappa shape index (κ2) is 4.17. The minimum absolute atomic E-state index is 0.0425. The van der Waals surface area contributed by atoms with Crippen LogP contribution in [0.25, 0.3) is 0 Å². The van der Waals surface area contributed by atoms with Gasteiger partial charge in [-0.05, 0) is 6.92 Å². The third-order valence-electron chi connectivity index (χ3n) is 3.98. The number of nitrogens with zero attached hydrogens (tertiary/aromatic N) is 1. The Morgan fingerprint density at radius 3 is 2.64 bits per heavy atom. The summed E-state index contributed by atoms with van der Waals surface area (Å²) in [5, 5.41) is 9.86. The largest absolute Gasteiger partial charge is 0.387 e. The van der Waals surface area contributed by atoms with Crippen molar-refractivity contribution in [1.29, 1.82) is 0 Å². The Balaban J connectivity index is 1.87. The highest BCUT2D eigenvalue weighted by atomic mass is 16.5. The van der Waals surface area contributed by atoms with Gasteiger partial charge in [-0.25, -0.2) is 0 Å². The van der Waals surface area contributed by atoms with E-state index in [1.165, 1.54) is 25.9 Å². The molecule has 0 aromatic rings. The minimum Gasteiger partial charge on any atom is -0.387 e. The van der Waals surface area contributed by atoms with Gasteiger partial charge in [0.05, 0.1) is 19.7 Å². The summed E-state index contributed by atoms with van der Waals surface area (Å²) in [7, 11) is 0. The predicted octanol–water partition coefficient (Wildman–Crippen LogP) is 0.624. The normalized spacial score (nSPS) is 41.6. The van der Waals surface area contributed by atoms with Crippen molar-refractivity contribution in [2.45, 2.75) is 25.9 Å². The Hall–Kier alpha value is -0.120. The van der Waals surface area contributed by atoms with E-state index >= 15 is 0 Å². The van der Waals surface area contributed by atoms with Crippen molar-refractivity contribution in [2.75, 3.05) is 39.4 Å². The van der Waals surface area contributed by atoms with Crippen molar-refractivity contribution in [3.8, 4) is 0 Å². The molecule has 3 fully saturated rings. The molecule has 3 nitrogen and oxygen atoms in total. The van der Waals surface area contributed by atoms with E-state index in [9.17, 15) is 5.11 Å². The number of aliphatic hydroxyl groups excluding tert-OH is 1. The van der Waals surface area contributed by atoms with Crippen LogP contribution in [-0.2, 0) is 4.74 Å². The second-order valence-electron chi connectivity index (χ2n) is 4.80. The van der Waals surface area contributed by atoms with Crippen molar-refractivity contribution in [2.24, 2.45) is 5.92 Å². The molecule has 3 aliphatic heterocycles. The Labute approximate surface area is 86.3 Å². The summed E-state index contributed by atoms with van der Waals surface area (Å²) in [6.07, 6.45) is 2.39. The van der Waals surface area contributed by atoms with E-state index in [2.05, 4.69) is 0 Å². The van der Waals surface area contributed by atoms with E-state index in [-0.39, 0.29) is 6.10 Å². The first-order chi connectivity index (χ1) is 6.76. The Kier molecular flexibility index (Phi) is 3.10. The summed E-state index contributed by atoms with van der Waals surface area (Å²) in [5.74, 6) is 0.599. The van der Waals surface area contributed by atoms with Gasteiger partial charge in [0.25, 0.3) is 0 Å². The molecule has 14 heavy (non-hydrogen) atoms. The smallest absolute Gasteiger partial charge is 0.106 e. The number of aliphatic hydroxyl groups is 1. The van der Waals surface area contributed by atoms with Gasteiger partial charge in [-0.2, -0.15) is 0 Å². The molecule has 82 valence electrons. The van der Waals surface area contributed by atoms with E-state index in [1.54, 1.807) is 0 Å². The van der Waals surface area contributed by atoms with Crippen LogP contribution in [0.2, 0.25) is 0 Å². The first-order valence-electron chi connectivity index (χ1n) is 5.87. The summed E-state index contributed by atoms with van der Waals surface area (Å²) in [6.45, 7) is 8.29. The Morgan fingerprint density at radius 2 is 2.07 bits per heavy atom. The molecule has 0 radical (unpaired) electrons. The van der Waals surface area contributed by atoms with Crippen molar-refractivity contribution >= 4 is 0 Å². The van der Waals surface area contributed by atoms with Gasteiger partial charge in [-0.3, -0.25) is 0 Å². The number of rotatable bonds is 4. The van der Waals surface area contributed by atoms with Gasteiger partial charge in [0, 0.05) is 25.4 Å². The fourth-order valence-corrected chi connectivity index (χ4v) is 2.97. The van der Waals surface area contributed by atoms with Crippen LogP contribution in [0.4, 0.5) is 0 Å². The van der Waals surface area contributed by atoms with E-state index in [1.807, 2.05) is 6.92 Å². The molecule has 3 heteroatoms. The van der Waals surface area contributed by atoms with E-state index in [4.69, 9.17) is 4.74 Å². The van der Waals surface area contributed by atoms with Crippen molar-refractivity contribution in [3.63, 3.8) is 0 Å². The number of quaternary nitrogens is 1. The Morgan fingerprint density at radius 1 is 1.36 bits per heavy atom.